The predicted octanol–water partition coefficient (Wildman–Crippen LogP) is 1.17. The van der Waals surface area contributed by atoms with Crippen molar-refractivity contribution in [2.45, 2.75) is 5.41 Å². The van der Waals surface area contributed by atoms with Gasteiger partial charge in [0, 0.05) is 5.56 Å². The van der Waals surface area contributed by atoms with E-state index < -0.39 is 23.8 Å². The summed E-state index contributed by atoms with van der Waals surface area (Å²) in [7, 11) is 0. The summed E-state index contributed by atoms with van der Waals surface area (Å²) in [5.74, 6) is -1.65. The average molecular weight is 208 g/mol. The maximum atomic E-state index is 13.3. The van der Waals surface area contributed by atoms with E-state index in [-0.39, 0.29) is 5.56 Å². The second-order valence-corrected chi connectivity index (χ2v) is 3.47. The van der Waals surface area contributed by atoms with Gasteiger partial charge in [0.05, 0.1) is 6.61 Å². The number of carboxylic acids is 1. The number of carboxylic acid groups (broad SMARTS) is 1. The van der Waals surface area contributed by atoms with Gasteiger partial charge in [0.25, 0.3) is 0 Å². The van der Waals surface area contributed by atoms with E-state index in [2.05, 4.69) is 0 Å². The van der Waals surface area contributed by atoms with E-state index >= 15 is 0 Å². The Labute approximate surface area is 85.5 Å². The molecule has 15 heavy (non-hydrogen) atoms. The van der Waals surface area contributed by atoms with E-state index in [9.17, 15) is 14.3 Å². The lowest BCUT2D eigenvalue weighted by Gasteiger charge is -2.21. The summed E-state index contributed by atoms with van der Waals surface area (Å²) < 4.78 is 13.3. The largest absolute Gasteiger partial charge is 0.480 e. The van der Waals surface area contributed by atoms with Gasteiger partial charge in [-0.15, -0.1) is 0 Å². The standard InChI is InChI=1S/C11H9FO3/c12-9-3-1-2-8-7(9)4-5-11(8,6-13)10(14)15/h1-5,13H,6H2,(H,14,15). The van der Waals surface area contributed by atoms with Crippen LogP contribution in [0.4, 0.5) is 4.39 Å². The van der Waals surface area contributed by atoms with Gasteiger partial charge in [-0.2, -0.15) is 0 Å². The number of rotatable bonds is 2. The summed E-state index contributed by atoms with van der Waals surface area (Å²) in [6.07, 6.45) is 2.72. The molecule has 4 heteroatoms. The number of halogens is 1. The van der Waals surface area contributed by atoms with E-state index in [4.69, 9.17) is 5.11 Å². The Morgan fingerprint density at radius 3 is 2.80 bits per heavy atom. The Kier molecular flexibility index (Phi) is 2.08. The highest BCUT2D eigenvalue weighted by Gasteiger charge is 2.42. The molecule has 2 N–H and O–H groups in total. The number of fused-ring (bicyclic) bond motifs is 1. The summed E-state index contributed by atoms with van der Waals surface area (Å²) in [6, 6.07) is 4.22. The highest BCUT2D eigenvalue weighted by molar-refractivity contribution is 5.90. The topological polar surface area (TPSA) is 57.5 Å². The zero-order valence-electron chi connectivity index (χ0n) is 7.77. The van der Waals surface area contributed by atoms with Crippen LogP contribution in [0.3, 0.4) is 0 Å². The van der Waals surface area contributed by atoms with Gasteiger partial charge < -0.3 is 10.2 Å². The first-order chi connectivity index (χ1) is 7.12. The van der Waals surface area contributed by atoms with Crippen molar-refractivity contribution in [3.8, 4) is 0 Å². The van der Waals surface area contributed by atoms with Crippen LogP contribution in [0.15, 0.2) is 24.3 Å². The van der Waals surface area contributed by atoms with E-state index in [0.29, 0.717) is 5.56 Å². The third-order valence-corrected chi connectivity index (χ3v) is 2.70. The SMILES string of the molecule is O=C(O)C1(CO)C=Cc2c(F)cccc21. The molecule has 0 saturated heterocycles. The summed E-state index contributed by atoms with van der Waals surface area (Å²) >= 11 is 0. The summed E-state index contributed by atoms with van der Waals surface area (Å²) in [5, 5.41) is 18.2. The van der Waals surface area contributed by atoms with Crippen LogP contribution in [0.5, 0.6) is 0 Å². The van der Waals surface area contributed by atoms with Crippen molar-refractivity contribution in [3.05, 3.63) is 41.2 Å². The molecule has 1 unspecified atom stereocenters. The Bertz CT molecular complexity index is 453. The highest BCUT2D eigenvalue weighted by atomic mass is 19.1. The predicted molar refractivity (Wildman–Crippen MR) is 51.8 cm³/mol. The highest BCUT2D eigenvalue weighted by Crippen LogP contribution is 2.37. The van der Waals surface area contributed by atoms with Gasteiger partial charge in [0.1, 0.15) is 11.2 Å². The molecule has 1 aliphatic carbocycles. The molecule has 0 heterocycles. The smallest absolute Gasteiger partial charge is 0.320 e. The van der Waals surface area contributed by atoms with Gasteiger partial charge in [0.15, 0.2) is 0 Å². The van der Waals surface area contributed by atoms with Gasteiger partial charge in [0.2, 0.25) is 0 Å². The minimum atomic E-state index is -1.49. The lowest BCUT2D eigenvalue weighted by molar-refractivity contribution is -0.143. The molecule has 0 fully saturated rings. The molecule has 0 aliphatic heterocycles. The second-order valence-electron chi connectivity index (χ2n) is 3.47. The van der Waals surface area contributed by atoms with Crippen LogP contribution in [0, 0.1) is 5.82 Å². The first-order valence-electron chi connectivity index (χ1n) is 4.44. The van der Waals surface area contributed by atoms with Gasteiger partial charge >= 0.3 is 5.97 Å². The van der Waals surface area contributed by atoms with Crippen LogP contribution in [-0.4, -0.2) is 22.8 Å². The zero-order chi connectivity index (χ0) is 11.1. The number of benzene rings is 1. The van der Waals surface area contributed by atoms with Crippen molar-refractivity contribution in [2.24, 2.45) is 0 Å². The Balaban J connectivity index is 2.66. The van der Waals surface area contributed by atoms with Crippen LogP contribution in [-0.2, 0) is 10.2 Å². The lowest BCUT2D eigenvalue weighted by atomic mass is 9.83. The van der Waals surface area contributed by atoms with Crippen LogP contribution >= 0.6 is 0 Å². The van der Waals surface area contributed by atoms with Crippen molar-refractivity contribution >= 4 is 12.0 Å². The molecular weight excluding hydrogens is 199 g/mol. The molecule has 2 rings (SSSR count). The fourth-order valence-corrected chi connectivity index (χ4v) is 1.80. The first-order valence-corrected chi connectivity index (χ1v) is 4.44. The minimum absolute atomic E-state index is 0.244. The molecule has 78 valence electrons. The van der Waals surface area contributed by atoms with Crippen molar-refractivity contribution in [1.29, 1.82) is 0 Å². The van der Waals surface area contributed by atoms with E-state index in [1.54, 1.807) is 0 Å². The number of hydrogen-bond acceptors (Lipinski definition) is 2. The van der Waals surface area contributed by atoms with E-state index in [0.717, 1.165) is 0 Å². The van der Waals surface area contributed by atoms with Crippen LogP contribution in [0.1, 0.15) is 11.1 Å². The Morgan fingerprint density at radius 2 is 2.20 bits per heavy atom. The minimum Gasteiger partial charge on any atom is -0.480 e. The molecule has 0 aromatic heterocycles. The summed E-state index contributed by atoms with van der Waals surface area (Å²) in [4.78, 5) is 11.1. The molecule has 0 amide bonds. The van der Waals surface area contributed by atoms with Crippen LogP contribution < -0.4 is 0 Å². The number of aliphatic hydroxyl groups excluding tert-OH is 1. The maximum Gasteiger partial charge on any atom is 0.320 e. The van der Waals surface area contributed by atoms with Crippen LogP contribution in [0.2, 0.25) is 0 Å². The molecule has 0 saturated carbocycles. The van der Waals surface area contributed by atoms with Gasteiger partial charge in [-0.25, -0.2) is 4.39 Å². The van der Waals surface area contributed by atoms with E-state index in [1.165, 1.54) is 30.4 Å². The summed E-state index contributed by atoms with van der Waals surface area (Å²) in [5.41, 5.74) is -0.941. The number of carbonyl (C=O) groups is 1. The van der Waals surface area contributed by atoms with Crippen molar-refractivity contribution < 1.29 is 19.4 Å². The molecule has 1 atom stereocenters. The number of aliphatic hydroxyl groups is 1. The van der Waals surface area contributed by atoms with E-state index in [1.807, 2.05) is 0 Å². The fourth-order valence-electron chi connectivity index (χ4n) is 1.80. The Hall–Kier alpha value is -1.68. The molecule has 1 aromatic carbocycles. The van der Waals surface area contributed by atoms with Gasteiger partial charge in [-0.1, -0.05) is 24.3 Å². The zero-order valence-corrected chi connectivity index (χ0v) is 7.77. The quantitative estimate of drug-likeness (QED) is 0.766. The van der Waals surface area contributed by atoms with Crippen molar-refractivity contribution in [2.75, 3.05) is 6.61 Å². The third-order valence-electron chi connectivity index (χ3n) is 2.70. The van der Waals surface area contributed by atoms with Crippen molar-refractivity contribution in [3.63, 3.8) is 0 Å². The van der Waals surface area contributed by atoms with Gasteiger partial charge in [-0.05, 0) is 11.6 Å². The lowest BCUT2D eigenvalue weighted by Crippen LogP contribution is -2.36. The number of aliphatic carboxylic acids is 1. The molecule has 0 radical (unpaired) electrons. The third kappa shape index (κ3) is 1.18. The second kappa shape index (κ2) is 3.17. The molecule has 3 nitrogen and oxygen atoms in total. The molecule has 0 bridgehead atoms. The molecule has 1 aliphatic rings. The molecular formula is C11H9FO3. The Morgan fingerprint density at radius 1 is 1.47 bits per heavy atom. The first kappa shape index (κ1) is 9.86. The maximum absolute atomic E-state index is 13.3. The average Bonchev–Trinajstić information content (AvgIpc) is 2.59. The number of hydrogen-bond donors (Lipinski definition) is 2. The van der Waals surface area contributed by atoms with Crippen LogP contribution in [0.25, 0.3) is 6.08 Å². The molecule has 0 spiro atoms. The van der Waals surface area contributed by atoms with Gasteiger partial charge in [-0.3, -0.25) is 4.79 Å². The fraction of sp³-hybridized carbons (Fsp3) is 0.182. The monoisotopic (exact) mass is 208 g/mol. The van der Waals surface area contributed by atoms with Crippen molar-refractivity contribution in [1.82, 2.24) is 0 Å². The molecule has 1 aromatic rings. The summed E-state index contributed by atoms with van der Waals surface area (Å²) in [6.45, 7) is -0.574. The normalized spacial score (nSPS) is 22.8.